The number of carbonyl (C=O) groups is 1. The molecule has 24 heavy (non-hydrogen) atoms. The highest BCUT2D eigenvalue weighted by molar-refractivity contribution is 6.35. The van der Waals surface area contributed by atoms with Crippen LogP contribution in [-0.2, 0) is 0 Å². The minimum absolute atomic E-state index is 0.00534. The molecule has 1 amide bonds. The van der Waals surface area contributed by atoms with Crippen molar-refractivity contribution in [2.75, 3.05) is 18.4 Å². The van der Waals surface area contributed by atoms with E-state index in [1.165, 1.54) is 0 Å². The average Bonchev–Trinajstić information content (AvgIpc) is 2.59. The zero-order valence-electron chi connectivity index (χ0n) is 13.4. The van der Waals surface area contributed by atoms with Gasteiger partial charge in [-0.25, -0.2) is 4.98 Å². The van der Waals surface area contributed by atoms with Crippen molar-refractivity contribution >= 4 is 40.5 Å². The summed E-state index contributed by atoms with van der Waals surface area (Å²) in [6.45, 7) is 3.83. The van der Waals surface area contributed by atoms with Crippen LogP contribution >= 0.6 is 23.2 Å². The minimum Gasteiger partial charge on any atom is -0.353 e. The zero-order valence-corrected chi connectivity index (χ0v) is 14.9. The average molecular weight is 364 g/mol. The van der Waals surface area contributed by atoms with Crippen LogP contribution in [0.15, 0.2) is 36.5 Å². The van der Waals surface area contributed by atoms with Crippen LogP contribution in [0.1, 0.15) is 30.3 Å². The summed E-state index contributed by atoms with van der Waals surface area (Å²) in [5, 5.41) is 4.33. The quantitative estimate of drug-likeness (QED) is 0.833. The summed E-state index contributed by atoms with van der Waals surface area (Å²) in [5.41, 5.74) is 1.92. The van der Waals surface area contributed by atoms with Gasteiger partial charge in [-0.3, -0.25) is 4.79 Å². The first-order valence-electron chi connectivity index (χ1n) is 8.00. The Morgan fingerprint density at radius 3 is 2.62 bits per heavy atom. The second-order valence-corrected chi connectivity index (χ2v) is 7.00. The molecule has 1 saturated heterocycles. The number of amides is 1. The number of rotatable bonds is 3. The number of hydrogen-bond donors (Lipinski definition) is 1. The van der Waals surface area contributed by atoms with E-state index in [1.54, 1.807) is 30.5 Å². The van der Waals surface area contributed by atoms with E-state index in [0.717, 1.165) is 31.6 Å². The molecule has 1 aromatic carbocycles. The summed E-state index contributed by atoms with van der Waals surface area (Å²) in [6.07, 6.45) is 3.74. The van der Waals surface area contributed by atoms with E-state index in [4.69, 9.17) is 23.2 Å². The van der Waals surface area contributed by atoms with Crippen LogP contribution in [0, 0.1) is 5.92 Å². The lowest BCUT2D eigenvalue weighted by Gasteiger charge is -2.30. The maximum Gasteiger partial charge on any atom is 0.272 e. The van der Waals surface area contributed by atoms with Gasteiger partial charge in [0.2, 0.25) is 0 Å². The molecule has 0 saturated carbocycles. The van der Waals surface area contributed by atoms with Gasteiger partial charge in [0, 0.05) is 18.1 Å². The van der Waals surface area contributed by atoms with Gasteiger partial charge in [-0.15, -0.1) is 0 Å². The Labute approximate surface area is 151 Å². The molecule has 2 heterocycles. The lowest BCUT2D eigenvalue weighted by molar-refractivity contribution is 0.0691. The fourth-order valence-electron chi connectivity index (χ4n) is 2.72. The third-order valence-electron chi connectivity index (χ3n) is 4.26. The van der Waals surface area contributed by atoms with Crippen molar-refractivity contribution in [1.29, 1.82) is 0 Å². The van der Waals surface area contributed by atoms with E-state index in [9.17, 15) is 4.79 Å². The number of likely N-dealkylation sites (tertiary alicyclic amines) is 1. The van der Waals surface area contributed by atoms with Gasteiger partial charge in [0.15, 0.2) is 0 Å². The smallest absolute Gasteiger partial charge is 0.272 e. The Balaban J connectivity index is 1.69. The molecule has 4 nitrogen and oxygen atoms in total. The molecule has 0 unspecified atom stereocenters. The molecule has 126 valence electrons. The van der Waals surface area contributed by atoms with Gasteiger partial charge < -0.3 is 10.2 Å². The van der Waals surface area contributed by atoms with Gasteiger partial charge in [0.1, 0.15) is 5.69 Å². The van der Waals surface area contributed by atoms with Crippen molar-refractivity contribution in [2.45, 2.75) is 19.8 Å². The lowest BCUT2D eigenvalue weighted by atomic mass is 9.99. The summed E-state index contributed by atoms with van der Waals surface area (Å²) in [7, 11) is 0. The highest BCUT2D eigenvalue weighted by Crippen LogP contribution is 2.28. The Hall–Kier alpha value is -1.78. The molecule has 1 fully saturated rings. The number of anilines is 2. The number of halogens is 2. The Morgan fingerprint density at radius 2 is 1.96 bits per heavy atom. The molecule has 1 aromatic heterocycles. The summed E-state index contributed by atoms with van der Waals surface area (Å²) >= 11 is 12.1. The molecule has 0 spiro atoms. The zero-order chi connectivity index (χ0) is 17.1. The van der Waals surface area contributed by atoms with E-state index < -0.39 is 0 Å². The molecular formula is C18H19Cl2N3O. The second kappa shape index (κ2) is 7.41. The van der Waals surface area contributed by atoms with Crippen LogP contribution in [0.4, 0.5) is 11.4 Å². The topological polar surface area (TPSA) is 45.2 Å². The molecule has 3 rings (SSSR count). The van der Waals surface area contributed by atoms with Crippen molar-refractivity contribution < 1.29 is 4.79 Å². The molecule has 6 heteroatoms. The van der Waals surface area contributed by atoms with E-state index in [1.807, 2.05) is 11.0 Å². The number of benzene rings is 1. The Morgan fingerprint density at radius 1 is 1.21 bits per heavy atom. The summed E-state index contributed by atoms with van der Waals surface area (Å²) in [5.74, 6) is 0.685. The number of piperidine rings is 1. The third kappa shape index (κ3) is 4.00. The predicted molar refractivity (Wildman–Crippen MR) is 98.3 cm³/mol. The van der Waals surface area contributed by atoms with E-state index in [2.05, 4.69) is 17.2 Å². The first-order valence-corrected chi connectivity index (χ1v) is 8.76. The van der Waals surface area contributed by atoms with E-state index in [-0.39, 0.29) is 5.91 Å². The summed E-state index contributed by atoms with van der Waals surface area (Å²) < 4.78 is 0. The Kier molecular flexibility index (Phi) is 5.27. The van der Waals surface area contributed by atoms with E-state index >= 15 is 0 Å². The van der Waals surface area contributed by atoms with Crippen molar-refractivity contribution in [3.05, 3.63) is 52.3 Å². The largest absolute Gasteiger partial charge is 0.353 e. The summed E-state index contributed by atoms with van der Waals surface area (Å²) in [4.78, 5) is 18.6. The maximum atomic E-state index is 12.5. The van der Waals surface area contributed by atoms with Gasteiger partial charge in [-0.2, -0.15) is 0 Å². The predicted octanol–water partition coefficient (Wildman–Crippen LogP) is 5.00. The van der Waals surface area contributed by atoms with Crippen LogP contribution in [0.5, 0.6) is 0 Å². The van der Waals surface area contributed by atoms with Crippen molar-refractivity contribution in [3.8, 4) is 0 Å². The molecule has 1 aliphatic rings. The molecule has 1 N–H and O–H groups in total. The minimum atomic E-state index is -0.00534. The number of pyridine rings is 1. The number of hydrogen-bond acceptors (Lipinski definition) is 3. The van der Waals surface area contributed by atoms with Gasteiger partial charge in [0.25, 0.3) is 5.91 Å². The highest BCUT2D eigenvalue weighted by atomic mass is 35.5. The SMILES string of the molecule is CC1CCN(C(=O)c2ccc(Nc3cc(Cl)ccc3Cl)cn2)CC1. The fraction of sp³-hybridized carbons (Fsp3) is 0.333. The van der Waals surface area contributed by atoms with Crippen LogP contribution in [0.2, 0.25) is 10.0 Å². The molecular weight excluding hydrogens is 345 g/mol. The van der Waals surface area contributed by atoms with E-state index in [0.29, 0.717) is 27.3 Å². The molecule has 0 aliphatic carbocycles. The standard InChI is InChI=1S/C18H19Cl2N3O/c1-12-6-8-23(9-7-12)18(24)16-5-3-14(11-21-16)22-17-10-13(19)2-4-15(17)20/h2-5,10-12,22H,6-9H2,1H3. The Bertz CT molecular complexity index is 726. The van der Waals surface area contributed by atoms with Gasteiger partial charge in [-0.05, 0) is 49.1 Å². The van der Waals surface area contributed by atoms with Crippen molar-refractivity contribution in [2.24, 2.45) is 5.92 Å². The molecule has 0 atom stereocenters. The normalized spacial score (nSPS) is 15.4. The van der Waals surface area contributed by atoms with Crippen LogP contribution in [0.3, 0.4) is 0 Å². The van der Waals surface area contributed by atoms with Gasteiger partial charge in [0.05, 0.1) is 22.6 Å². The van der Waals surface area contributed by atoms with Crippen LogP contribution in [0.25, 0.3) is 0 Å². The fourth-order valence-corrected chi connectivity index (χ4v) is 3.05. The van der Waals surface area contributed by atoms with Crippen LogP contribution in [-0.4, -0.2) is 28.9 Å². The molecule has 2 aromatic rings. The van der Waals surface area contributed by atoms with Gasteiger partial charge in [-0.1, -0.05) is 30.1 Å². The molecule has 0 radical (unpaired) electrons. The molecule has 1 aliphatic heterocycles. The van der Waals surface area contributed by atoms with Crippen molar-refractivity contribution in [3.63, 3.8) is 0 Å². The van der Waals surface area contributed by atoms with Gasteiger partial charge >= 0.3 is 0 Å². The summed E-state index contributed by atoms with van der Waals surface area (Å²) in [6, 6.07) is 8.77. The first kappa shape index (κ1) is 17.1. The number of nitrogens with one attached hydrogen (secondary N) is 1. The van der Waals surface area contributed by atoms with Crippen LogP contribution < -0.4 is 5.32 Å². The first-order chi connectivity index (χ1) is 11.5. The lowest BCUT2D eigenvalue weighted by Crippen LogP contribution is -2.38. The number of carbonyl (C=O) groups excluding carboxylic acids is 1. The third-order valence-corrected chi connectivity index (χ3v) is 4.83. The maximum absolute atomic E-state index is 12.5. The number of aromatic nitrogens is 1. The van der Waals surface area contributed by atoms with Crippen molar-refractivity contribution in [1.82, 2.24) is 9.88 Å². The second-order valence-electron chi connectivity index (χ2n) is 6.16. The highest BCUT2D eigenvalue weighted by Gasteiger charge is 2.22. The monoisotopic (exact) mass is 363 g/mol. The molecule has 0 bridgehead atoms. The number of nitrogens with zero attached hydrogens (tertiary/aromatic N) is 2.